The molecule has 0 aliphatic heterocycles. The van der Waals surface area contributed by atoms with E-state index in [1.165, 1.54) is 25.7 Å². The van der Waals surface area contributed by atoms with Crippen LogP contribution in [0, 0.1) is 5.92 Å². The third kappa shape index (κ3) is 5.39. The van der Waals surface area contributed by atoms with Crippen molar-refractivity contribution in [2.75, 3.05) is 19.0 Å². The van der Waals surface area contributed by atoms with Gasteiger partial charge in [-0.05, 0) is 36.6 Å². The quantitative estimate of drug-likeness (QED) is 0.814. The van der Waals surface area contributed by atoms with E-state index >= 15 is 0 Å². The minimum atomic E-state index is -0.223. The second-order valence-corrected chi connectivity index (χ2v) is 5.74. The highest BCUT2D eigenvalue weighted by Gasteiger charge is 2.16. The summed E-state index contributed by atoms with van der Waals surface area (Å²) < 4.78 is 5.05. The molecule has 120 valence electrons. The number of carbonyl (C=O) groups is 2. The van der Waals surface area contributed by atoms with Gasteiger partial charge >= 0.3 is 0 Å². The molecule has 5 heteroatoms. The van der Waals surface area contributed by atoms with Crippen molar-refractivity contribution < 1.29 is 14.3 Å². The van der Waals surface area contributed by atoms with Gasteiger partial charge in [0, 0.05) is 12.1 Å². The van der Waals surface area contributed by atoms with Crippen molar-refractivity contribution >= 4 is 17.5 Å². The van der Waals surface area contributed by atoms with Gasteiger partial charge in [-0.2, -0.15) is 0 Å². The van der Waals surface area contributed by atoms with Gasteiger partial charge < -0.3 is 15.4 Å². The Kier molecular flexibility index (Phi) is 6.25. The Morgan fingerprint density at radius 3 is 2.45 bits per heavy atom. The molecule has 1 saturated carbocycles. The monoisotopic (exact) mass is 304 g/mol. The van der Waals surface area contributed by atoms with Gasteiger partial charge in [-0.3, -0.25) is 9.59 Å². The second kappa shape index (κ2) is 8.41. The van der Waals surface area contributed by atoms with Gasteiger partial charge in [-0.25, -0.2) is 0 Å². The van der Waals surface area contributed by atoms with Crippen LogP contribution in [-0.4, -0.2) is 25.5 Å². The lowest BCUT2D eigenvalue weighted by atomic mass is 10.0. The first-order valence-electron chi connectivity index (χ1n) is 7.88. The van der Waals surface area contributed by atoms with E-state index in [1.54, 1.807) is 31.4 Å². The predicted molar refractivity (Wildman–Crippen MR) is 85.8 cm³/mol. The maximum absolute atomic E-state index is 11.8. The number of nitrogens with one attached hydrogen (secondary N) is 2. The zero-order valence-electron chi connectivity index (χ0n) is 13.1. The highest BCUT2D eigenvalue weighted by atomic mass is 16.5. The summed E-state index contributed by atoms with van der Waals surface area (Å²) in [7, 11) is 1.59. The molecule has 22 heavy (non-hydrogen) atoms. The third-order valence-electron chi connectivity index (χ3n) is 4.07. The zero-order chi connectivity index (χ0) is 15.8. The lowest BCUT2D eigenvalue weighted by Crippen LogP contribution is -2.32. The van der Waals surface area contributed by atoms with E-state index in [4.69, 9.17) is 4.74 Å². The van der Waals surface area contributed by atoms with Crippen LogP contribution < -0.4 is 15.4 Å². The van der Waals surface area contributed by atoms with Crippen molar-refractivity contribution in [2.45, 2.75) is 38.5 Å². The van der Waals surface area contributed by atoms with Crippen LogP contribution in [-0.2, 0) is 9.59 Å². The number of hydrogen-bond donors (Lipinski definition) is 2. The second-order valence-electron chi connectivity index (χ2n) is 5.74. The highest BCUT2D eigenvalue weighted by molar-refractivity contribution is 5.94. The number of anilines is 1. The van der Waals surface area contributed by atoms with Gasteiger partial charge in [-0.15, -0.1) is 0 Å². The molecule has 0 heterocycles. The SMILES string of the molecule is COc1ccc(NC(=O)CNC(=O)CCC2CCCC2)cc1. The molecule has 1 aliphatic rings. The van der Waals surface area contributed by atoms with Gasteiger partial charge in [0.15, 0.2) is 0 Å². The molecular weight excluding hydrogens is 280 g/mol. The molecule has 2 N–H and O–H groups in total. The number of ether oxygens (including phenoxy) is 1. The first-order valence-corrected chi connectivity index (χ1v) is 7.88. The fourth-order valence-electron chi connectivity index (χ4n) is 2.78. The molecule has 1 fully saturated rings. The fraction of sp³-hybridized carbons (Fsp3) is 0.529. The Hall–Kier alpha value is -2.04. The molecule has 1 aromatic rings. The van der Waals surface area contributed by atoms with Crippen molar-refractivity contribution in [3.63, 3.8) is 0 Å². The Bertz CT molecular complexity index is 493. The summed E-state index contributed by atoms with van der Waals surface area (Å²) in [4.78, 5) is 23.5. The number of benzene rings is 1. The lowest BCUT2D eigenvalue weighted by Gasteiger charge is -2.10. The average molecular weight is 304 g/mol. The summed E-state index contributed by atoms with van der Waals surface area (Å²) in [6, 6.07) is 7.07. The standard InChI is InChI=1S/C17H24N2O3/c1-22-15-9-7-14(8-10-15)19-17(21)12-18-16(20)11-6-13-4-2-3-5-13/h7-10,13H,2-6,11-12H2,1H3,(H,18,20)(H,19,21). The van der Waals surface area contributed by atoms with E-state index in [0.29, 0.717) is 18.0 Å². The summed E-state index contributed by atoms with van der Waals surface area (Å²) >= 11 is 0. The molecule has 0 spiro atoms. The van der Waals surface area contributed by atoms with E-state index in [2.05, 4.69) is 10.6 Å². The first-order chi connectivity index (χ1) is 10.7. The Balaban J connectivity index is 1.64. The molecular formula is C17H24N2O3. The summed E-state index contributed by atoms with van der Waals surface area (Å²) in [5, 5.41) is 5.41. The molecule has 0 atom stereocenters. The smallest absolute Gasteiger partial charge is 0.243 e. The molecule has 1 aromatic carbocycles. The maximum Gasteiger partial charge on any atom is 0.243 e. The van der Waals surface area contributed by atoms with Crippen molar-refractivity contribution in [1.82, 2.24) is 5.32 Å². The summed E-state index contributed by atoms with van der Waals surface area (Å²) in [5.41, 5.74) is 0.686. The van der Waals surface area contributed by atoms with E-state index < -0.39 is 0 Å². The van der Waals surface area contributed by atoms with E-state index in [1.807, 2.05) is 0 Å². The van der Waals surface area contributed by atoms with Crippen molar-refractivity contribution in [2.24, 2.45) is 5.92 Å². The first kappa shape index (κ1) is 16.3. The van der Waals surface area contributed by atoms with E-state index in [9.17, 15) is 9.59 Å². The van der Waals surface area contributed by atoms with Crippen LogP contribution in [0.15, 0.2) is 24.3 Å². The number of methoxy groups -OCH3 is 1. The van der Waals surface area contributed by atoms with Crippen molar-refractivity contribution in [1.29, 1.82) is 0 Å². The minimum absolute atomic E-state index is 0.00945. The molecule has 0 bridgehead atoms. The fourth-order valence-corrected chi connectivity index (χ4v) is 2.78. The van der Waals surface area contributed by atoms with Crippen LogP contribution in [0.3, 0.4) is 0 Å². The number of amides is 2. The number of rotatable bonds is 7. The van der Waals surface area contributed by atoms with Crippen LogP contribution in [0.4, 0.5) is 5.69 Å². The lowest BCUT2D eigenvalue weighted by molar-refractivity contribution is -0.124. The maximum atomic E-state index is 11.8. The van der Waals surface area contributed by atoms with Crippen LogP contribution in [0.1, 0.15) is 38.5 Å². The van der Waals surface area contributed by atoms with Crippen molar-refractivity contribution in [3.8, 4) is 5.75 Å². The Morgan fingerprint density at radius 2 is 1.82 bits per heavy atom. The average Bonchev–Trinajstić information content (AvgIpc) is 3.05. The summed E-state index contributed by atoms with van der Waals surface area (Å²) in [6.45, 7) is 0.00945. The van der Waals surface area contributed by atoms with Gasteiger partial charge in [0.2, 0.25) is 11.8 Å². The normalized spacial score (nSPS) is 14.6. The van der Waals surface area contributed by atoms with Crippen molar-refractivity contribution in [3.05, 3.63) is 24.3 Å². The molecule has 2 rings (SSSR count). The molecule has 5 nitrogen and oxygen atoms in total. The van der Waals surface area contributed by atoms with Gasteiger partial charge in [0.25, 0.3) is 0 Å². The Morgan fingerprint density at radius 1 is 1.14 bits per heavy atom. The number of hydrogen-bond acceptors (Lipinski definition) is 3. The minimum Gasteiger partial charge on any atom is -0.497 e. The molecule has 0 radical (unpaired) electrons. The summed E-state index contributed by atoms with van der Waals surface area (Å²) in [5.74, 6) is 1.16. The van der Waals surface area contributed by atoms with Crippen LogP contribution in [0.2, 0.25) is 0 Å². The largest absolute Gasteiger partial charge is 0.497 e. The molecule has 1 aliphatic carbocycles. The topological polar surface area (TPSA) is 67.4 Å². The highest BCUT2D eigenvalue weighted by Crippen LogP contribution is 2.28. The predicted octanol–water partition coefficient (Wildman–Crippen LogP) is 2.72. The van der Waals surface area contributed by atoms with E-state index in [-0.39, 0.29) is 18.4 Å². The third-order valence-corrected chi connectivity index (χ3v) is 4.07. The number of carbonyl (C=O) groups excluding carboxylic acids is 2. The van der Waals surface area contributed by atoms with E-state index in [0.717, 1.165) is 12.2 Å². The van der Waals surface area contributed by atoms with Crippen LogP contribution in [0.25, 0.3) is 0 Å². The van der Waals surface area contributed by atoms with Crippen LogP contribution >= 0.6 is 0 Å². The zero-order valence-corrected chi connectivity index (χ0v) is 13.1. The molecule has 0 aromatic heterocycles. The molecule has 0 saturated heterocycles. The van der Waals surface area contributed by atoms with Gasteiger partial charge in [0.05, 0.1) is 13.7 Å². The Labute approximate surface area is 131 Å². The van der Waals surface area contributed by atoms with Gasteiger partial charge in [0.1, 0.15) is 5.75 Å². The summed E-state index contributed by atoms with van der Waals surface area (Å²) in [6.07, 6.45) is 6.51. The molecule has 2 amide bonds. The van der Waals surface area contributed by atoms with Gasteiger partial charge in [-0.1, -0.05) is 25.7 Å². The molecule has 0 unspecified atom stereocenters. The van der Waals surface area contributed by atoms with Crippen LogP contribution in [0.5, 0.6) is 5.75 Å².